The van der Waals surface area contributed by atoms with E-state index in [-0.39, 0.29) is 0 Å². The summed E-state index contributed by atoms with van der Waals surface area (Å²) in [5.41, 5.74) is 0.387. The lowest BCUT2D eigenvalue weighted by Crippen LogP contribution is -2.48. The van der Waals surface area contributed by atoms with E-state index in [1.165, 1.54) is 687 Å². The summed E-state index contributed by atoms with van der Waals surface area (Å²) in [5.74, 6) is 3.33. The molecule has 0 heterocycles. The molecule has 0 N–H and O–H groups in total. The second-order valence-electron chi connectivity index (χ2n) is 48.6. The molecule has 0 saturated carbocycles. The monoisotopic (exact) mass is 2060 g/mol. The summed E-state index contributed by atoms with van der Waals surface area (Å²) in [6.07, 6.45) is 213. The minimum absolute atomic E-state index is 0.387. The molecule has 0 amide bonds. The Kier molecular flexibility index (Phi) is 129. The largest absolute Gasteiger partial charge is 0.0885 e. The summed E-state index contributed by atoms with van der Waals surface area (Å²) in [4.78, 5) is 0. The van der Waals surface area contributed by atoms with E-state index in [2.05, 4.69) is 177 Å². The second-order valence-corrected chi connectivity index (χ2v) is 48.6. The van der Waals surface area contributed by atoms with Gasteiger partial charge in [-0.3, -0.25) is 0 Å². The molecule has 0 aromatic rings. The molecule has 0 rings (SSSR count). The molecule has 5 unspecified atom stereocenters. The first-order chi connectivity index (χ1) is 73.6. The van der Waals surface area contributed by atoms with E-state index in [0.717, 1.165) is 68.6 Å². The van der Waals surface area contributed by atoms with Crippen LogP contribution in [0.3, 0.4) is 0 Å². The highest BCUT2D eigenvalue weighted by Crippen LogP contribution is 2.59. The highest BCUT2D eigenvalue weighted by Gasteiger charge is 2.51. The van der Waals surface area contributed by atoms with Gasteiger partial charge in [-0.1, -0.05) is 736 Å². The van der Waals surface area contributed by atoms with Crippen LogP contribution in [-0.4, -0.2) is 0 Å². The van der Waals surface area contributed by atoms with Crippen LogP contribution >= 0.6 is 0 Å². The molecule has 0 fully saturated rings. The van der Waals surface area contributed by atoms with Crippen LogP contribution in [-0.2, 0) is 0 Å². The molecular weight excluding hydrogens is 1780 g/mol. The van der Waals surface area contributed by atoms with Gasteiger partial charge in [-0.05, 0) is 209 Å². The molecule has 148 heavy (non-hydrogen) atoms. The zero-order valence-corrected chi connectivity index (χ0v) is 104. The van der Waals surface area contributed by atoms with Crippen LogP contribution in [0.2, 0.25) is 0 Å². The van der Waals surface area contributed by atoms with Crippen LogP contribution in [0.15, 0.2) is 122 Å². The fourth-order valence-electron chi connectivity index (χ4n) is 25.1. The first kappa shape index (κ1) is 145. The molecule has 0 aliphatic rings. The Balaban J connectivity index is 8.86. The van der Waals surface area contributed by atoms with E-state index in [9.17, 15) is 0 Å². The van der Waals surface area contributed by atoms with Gasteiger partial charge in [-0.2, -0.15) is 0 Å². The lowest BCUT2D eigenvalue weighted by molar-refractivity contribution is -0.0656. The van der Waals surface area contributed by atoms with Crippen molar-refractivity contribution in [2.75, 3.05) is 0 Å². The molecule has 870 valence electrons. The van der Waals surface area contributed by atoms with Crippen LogP contribution in [0, 0.1) is 29.1 Å². The van der Waals surface area contributed by atoms with E-state index in [0.29, 0.717) is 5.41 Å². The van der Waals surface area contributed by atoms with E-state index < -0.39 is 0 Å². The van der Waals surface area contributed by atoms with E-state index in [4.69, 9.17) is 0 Å². The van der Waals surface area contributed by atoms with Crippen LogP contribution in [0.25, 0.3) is 0 Å². The predicted octanol–water partition coefficient (Wildman–Crippen LogP) is 55.0. The summed E-state index contributed by atoms with van der Waals surface area (Å²) in [6.45, 7) is 18.7. The average Bonchev–Trinajstić information content (AvgIpc) is 0.755. The zero-order chi connectivity index (χ0) is 106. The second kappa shape index (κ2) is 131. The smallest absolute Gasteiger partial charge is 0.0169 e. The number of hydrogen-bond acceptors (Lipinski definition) is 0. The molecular formula is C148H278. The summed E-state index contributed by atoms with van der Waals surface area (Å²) in [6, 6.07) is 0. The van der Waals surface area contributed by atoms with Crippen molar-refractivity contribution in [3.63, 3.8) is 0 Å². The van der Waals surface area contributed by atoms with Crippen molar-refractivity contribution in [3.8, 4) is 0 Å². The molecule has 0 nitrogen and oxygen atoms in total. The van der Waals surface area contributed by atoms with E-state index in [1.54, 1.807) is 6.42 Å². The quantitative estimate of drug-likeness (QED) is 0.0421. The maximum absolute atomic E-state index is 2.68. The molecule has 0 saturated heterocycles. The van der Waals surface area contributed by atoms with E-state index >= 15 is 0 Å². The molecule has 0 aromatic heterocycles. The third-order valence-corrected chi connectivity index (χ3v) is 34.6. The minimum Gasteiger partial charge on any atom is -0.0885 e. The third kappa shape index (κ3) is 109. The van der Waals surface area contributed by atoms with Crippen molar-refractivity contribution in [3.05, 3.63) is 122 Å². The number of allylic oxidation sites excluding steroid dienone is 20. The molecule has 0 spiro atoms. The maximum atomic E-state index is 2.68. The summed E-state index contributed by atoms with van der Waals surface area (Å²) < 4.78 is 0. The minimum atomic E-state index is 0.387. The first-order valence-electron chi connectivity index (χ1n) is 70.1. The molecule has 0 bridgehead atoms. The van der Waals surface area contributed by atoms with Crippen molar-refractivity contribution in [2.45, 2.75) is 794 Å². The predicted molar refractivity (Wildman–Crippen MR) is 684 cm³/mol. The Morgan fingerprint density at radius 1 is 0.122 bits per heavy atom. The van der Waals surface area contributed by atoms with Gasteiger partial charge in [0.05, 0.1) is 0 Å². The van der Waals surface area contributed by atoms with Gasteiger partial charge in [0, 0.05) is 0 Å². The van der Waals surface area contributed by atoms with Crippen molar-refractivity contribution >= 4 is 0 Å². The van der Waals surface area contributed by atoms with Gasteiger partial charge in [-0.25, -0.2) is 0 Å². The molecule has 0 aliphatic heterocycles. The zero-order valence-electron chi connectivity index (χ0n) is 104. The Bertz CT molecular complexity index is 2700. The van der Waals surface area contributed by atoms with Crippen molar-refractivity contribution in [2.24, 2.45) is 29.1 Å². The maximum Gasteiger partial charge on any atom is -0.0169 e. The van der Waals surface area contributed by atoms with Gasteiger partial charge in [0.2, 0.25) is 0 Å². The molecule has 0 aliphatic carbocycles. The Labute approximate surface area is 937 Å². The highest BCUT2D eigenvalue weighted by molar-refractivity contribution is 5.03. The van der Waals surface area contributed by atoms with Crippen molar-refractivity contribution in [1.82, 2.24) is 0 Å². The summed E-state index contributed by atoms with van der Waals surface area (Å²) >= 11 is 0. The number of hydrogen-bond donors (Lipinski definition) is 0. The van der Waals surface area contributed by atoms with Gasteiger partial charge in [0.25, 0.3) is 0 Å². The van der Waals surface area contributed by atoms with Gasteiger partial charge >= 0.3 is 0 Å². The Morgan fingerprint density at radius 2 is 0.264 bits per heavy atom. The molecule has 0 heteroatoms. The van der Waals surface area contributed by atoms with Crippen molar-refractivity contribution in [1.29, 1.82) is 0 Å². The average molecular weight is 2060 g/mol. The van der Waals surface area contributed by atoms with Gasteiger partial charge < -0.3 is 0 Å². The normalized spacial score (nSPS) is 13.8. The van der Waals surface area contributed by atoms with Crippen LogP contribution < -0.4 is 0 Å². The van der Waals surface area contributed by atoms with Gasteiger partial charge in [-0.15, -0.1) is 0 Å². The summed E-state index contributed by atoms with van der Waals surface area (Å²) in [7, 11) is 0. The number of unbranched alkanes of at least 4 members (excludes halogenated alkanes) is 89. The molecule has 0 radical (unpaired) electrons. The van der Waals surface area contributed by atoms with Crippen LogP contribution in [0.4, 0.5) is 0 Å². The molecule has 5 atom stereocenters. The lowest BCUT2D eigenvalue weighted by atomic mass is 9.49. The fourth-order valence-corrected chi connectivity index (χ4v) is 25.1. The number of rotatable bonds is 129. The highest BCUT2D eigenvalue weighted by atomic mass is 14.6. The summed E-state index contributed by atoms with van der Waals surface area (Å²) in [5, 5.41) is 0. The van der Waals surface area contributed by atoms with Gasteiger partial charge in [0.15, 0.2) is 0 Å². The standard InChI is InChI=1S/C148H278/c1-9-17-25-33-41-49-57-65-72-76-78-79-82-88-94-101-109-117-125-133-141-146(139-131-123-115-107-99-92-84-70-62-54-46-38-30-22-14-6)148(143-135-127-119-111-103-64-56-48-40-32-24-16-8,145(138-130-122-114-106-98-91-83-69-61-53-45-37-29-21-13-5)140-132-124-116-108-100-93-87-81-77-73-66-58-50-42-34-26-18-10-2)147(142-134-126-118-110-102-95-71-63-55-47-39-31-23-15-7)144(136-128-120-112-104-96-89-85-75-68-60-52-44-36-28-20-12-4)137-129-121-113-105-97-90-86-80-74-67-59-51-43-35-27-19-11-3/h21,29,43,45-46,51,53-54,56,64,67,69-70,74,83-84,86,90,105,113,144-147H,9-20,22-28,30-42,44,47-50,52,55,57-63,65-66,68,71-73,75-82,85,87-89,91-104,106-112,114-143H2,1-8H3/b29-21-,51-43-,53-45-,54-46-,64-56-,74-67-,83-69-,84-70-,90-86-,113-105-. The Hall–Kier alpha value is -2.60. The SMILES string of the molecule is CC/C=C\C/C=C\C/C=C\CCCCCCCC(CCCCCCCCCCCCCCCCCCCC)C(CCCCCC/C=C\CCCCCC)(C(CCCCCCC/C=C\C/C=C\CCCCC)CCCCCCCCCCCCCCCCCCCCCC)C(CCCCCCCCCCCCCCCC)C(CCC/C=C\C/C=C\C/C=C\C/C=C\CCCCC)CCCCCCCCCCCCCCCCCC. The van der Waals surface area contributed by atoms with Gasteiger partial charge in [0.1, 0.15) is 0 Å². The van der Waals surface area contributed by atoms with Crippen molar-refractivity contribution < 1.29 is 0 Å². The fraction of sp³-hybridized carbons (Fsp3) is 0.865. The molecule has 0 aromatic carbocycles. The first-order valence-corrected chi connectivity index (χ1v) is 70.1. The topological polar surface area (TPSA) is 0 Å². The van der Waals surface area contributed by atoms with Crippen LogP contribution in [0.1, 0.15) is 794 Å². The third-order valence-electron chi connectivity index (χ3n) is 34.6. The Morgan fingerprint density at radius 3 is 0.486 bits per heavy atom. The van der Waals surface area contributed by atoms with E-state index in [1.807, 2.05) is 0 Å². The van der Waals surface area contributed by atoms with Crippen LogP contribution in [0.5, 0.6) is 0 Å². The lowest BCUT2D eigenvalue weighted by Gasteiger charge is -2.56.